The van der Waals surface area contributed by atoms with E-state index in [1.807, 2.05) is 6.92 Å². The van der Waals surface area contributed by atoms with Crippen LogP contribution in [-0.4, -0.2) is 16.0 Å². The number of halogens is 2. The molecule has 1 saturated carbocycles. The van der Waals surface area contributed by atoms with Gasteiger partial charge in [-0.3, -0.25) is 0 Å². The number of nitrogens with one attached hydrogen (secondary N) is 1. The number of fused-ring (bicyclic) bond motifs is 1. The van der Waals surface area contributed by atoms with Crippen LogP contribution < -0.4 is 5.73 Å². The molecule has 0 radical (unpaired) electrons. The number of hydrogen-bond acceptors (Lipinski definition) is 2. The summed E-state index contributed by atoms with van der Waals surface area (Å²) in [6, 6.07) is 2.62. The fourth-order valence-electron chi connectivity index (χ4n) is 2.78. The van der Waals surface area contributed by atoms with E-state index in [4.69, 9.17) is 5.73 Å². The highest BCUT2D eigenvalue weighted by atomic mass is 19.2. The molecule has 0 saturated heterocycles. The van der Waals surface area contributed by atoms with Gasteiger partial charge in [0, 0.05) is 11.5 Å². The third kappa shape index (κ3) is 1.47. The molecule has 1 aromatic carbocycles. The molecule has 3 rings (SSSR count). The smallest absolute Gasteiger partial charge is 0.186 e. The van der Waals surface area contributed by atoms with Crippen molar-refractivity contribution in [2.24, 2.45) is 5.73 Å². The first-order valence-electron chi connectivity index (χ1n) is 6.12. The summed E-state index contributed by atoms with van der Waals surface area (Å²) in [5, 5.41) is 0. The Kier molecular flexibility index (Phi) is 2.41. The minimum atomic E-state index is -0.898. The molecule has 2 unspecified atom stereocenters. The van der Waals surface area contributed by atoms with E-state index in [2.05, 4.69) is 9.97 Å². The summed E-state index contributed by atoms with van der Waals surface area (Å²) >= 11 is 0. The Labute approximate surface area is 103 Å². The van der Waals surface area contributed by atoms with Gasteiger partial charge in [0.15, 0.2) is 11.6 Å². The highest BCUT2D eigenvalue weighted by Gasteiger charge is 2.40. The molecule has 2 atom stereocenters. The van der Waals surface area contributed by atoms with Crippen LogP contribution in [0.25, 0.3) is 11.0 Å². The molecule has 0 aliphatic heterocycles. The summed E-state index contributed by atoms with van der Waals surface area (Å²) in [6.07, 6.45) is 2.88. The fourth-order valence-corrected chi connectivity index (χ4v) is 2.78. The first kappa shape index (κ1) is 11.6. The SMILES string of the molecule is CC1(c2nc3c(F)c(F)ccc3[nH]2)CCCC1N. The van der Waals surface area contributed by atoms with E-state index in [1.54, 1.807) is 0 Å². The maximum Gasteiger partial charge on any atom is 0.186 e. The van der Waals surface area contributed by atoms with Gasteiger partial charge in [0.25, 0.3) is 0 Å². The molecule has 96 valence electrons. The second-order valence-electron chi connectivity index (χ2n) is 5.26. The molecule has 3 nitrogen and oxygen atoms in total. The Bertz CT molecular complexity index is 608. The molecule has 18 heavy (non-hydrogen) atoms. The van der Waals surface area contributed by atoms with Crippen molar-refractivity contribution in [2.45, 2.75) is 37.6 Å². The van der Waals surface area contributed by atoms with Gasteiger partial charge < -0.3 is 10.7 Å². The minimum absolute atomic E-state index is 0.00553. The predicted octanol–water partition coefficient (Wildman–Crippen LogP) is 2.61. The van der Waals surface area contributed by atoms with Crippen LogP contribution in [0.2, 0.25) is 0 Å². The summed E-state index contributed by atoms with van der Waals surface area (Å²) in [7, 11) is 0. The van der Waals surface area contributed by atoms with Crippen molar-refractivity contribution in [3.05, 3.63) is 29.6 Å². The molecule has 0 amide bonds. The van der Waals surface area contributed by atoms with Gasteiger partial charge in [-0.15, -0.1) is 0 Å². The van der Waals surface area contributed by atoms with Crippen molar-refractivity contribution < 1.29 is 8.78 Å². The molecule has 3 N–H and O–H groups in total. The Morgan fingerprint density at radius 1 is 1.44 bits per heavy atom. The number of H-pyrrole nitrogens is 1. The first-order chi connectivity index (χ1) is 8.52. The molecule has 1 fully saturated rings. The number of nitrogens with zero attached hydrogens (tertiary/aromatic N) is 1. The maximum atomic E-state index is 13.6. The largest absolute Gasteiger partial charge is 0.341 e. The van der Waals surface area contributed by atoms with E-state index in [0.717, 1.165) is 25.3 Å². The highest BCUT2D eigenvalue weighted by Crippen LogP contribution is 2.39. The Hall–Kier alpha value is -1.49. The molecule has 1 heterocycles. The van der Waals surface area contributed by atoms with Gasteiger partial charge in [-0.1, -0.05) is 13.3 Å². The highest BCUT2D eigenvalue weighted by molar-refractivity contribution is 5.76. The summed E-state index contributed by atoms with van der Waals surface area (Å²) in [5.74, 6) is -1.11. The second kappa shape index (κ2) is 3.75. The van der Waals surface area contributed by atoms with Gasteiger partial charge in [0.05, 0.1) is 5.52 Å². The van der Waals surface area contributed by atoms with Crippen molar-refractivity contribution in [2.75, 3.05) is 0 Å². The number of aromatic amines is 1. The average Bonchev–Trinajstić information content (AvgIpc) is 2.91. The number of nitrogens with two attached hydrogens (primary N) is 1. The zero-order chi connectivity index (χ0) is 12.9. The number of aromatic nitrogens is 2. The standard InChI is InChI=1S/C13H15F2N3/c1-13(6-2-3-9(13)16)12-17-8-5-4-7(14)10(15)11(8)18-12/h4-5,9H,2-3,6,16H2,1H3,(H,17,18). The van der Waals surface area contributed by atoms with Crippen molar-refractivity contribution in [3.63, 3.8) is 0 Å². The molecule has 1 aliphatic rings. The van der Waals surface area contributed by atoms with E-state index in [1.165, 1.54) is 6.07 Å². The Morgan fingerprint density at radius 3 is 2.89 bits per heavy atom. The van der Waals surface area contributed by atoms with E-state index in [0.29, 0.717) is 11.3 Å². The monoisotopic (exact) mass is 251 g/mol. The van der Waals surface area contributed by atoms with Crippen LogP contribution in [0, 0.1) is 11.6 Å². The van der Waals surface area contributed by atoms with Gasteiger partial charge >= 0.3 is 0 Å². The lowest BCUT2D eigenvalue weighted by Gasteiger charge is -2.26. The summed E-state index contributed by atoms with van der Waals surface area (Å²) in [6.45, 7) is 2.02. The summed E-state index contributed by atoms with van der Waals surface area (Å²) in [5.41, 5.74) is 6.41. The molecule has 0 bridgehead atoms. The molecule has 2 aromatic rings. The van der Waals surface area contributed by atoms with Crippen LogP contribution >= 0.6 is 0 Å². The molecule has 1 aliphatic carbocycles. The number of imidazole rings is 1. The van der Waals surface area contributed by atoms with Crippen molar-refractivity contribution in [1.82, 2.24) is 9.97 Å². The zero-order valence-corrected chi connectivity index (χ0v) is 10.1. The van der Waals surface area contributed by atoms with Crippen molar-refractivity contribution in [1.29, 1.82) is 0 Å². The van der Waals surface area contributed by atoms with E-state index in [-0.39, 0.29) is 17.0 Å². The maximum absolute atomic E-state index is 13.6. The van der Waals surface area contributed by atoms with Gasteiger partial charge in [-0.2, -0.15) is 0 Å². The van der Waals surface area contributed by atoms with Crippen LogP contribution in [0.3, 0.4) is 0 Å². The number of benzene rings is 1. The van der Waals surface area contributed by atoms with Crippen LogP contribution in [0.15, 0.2) is 12.1 Å². The fraction of sp³-hybridized carbons (Fsp3) is 0.462. The number of hydrogen-bond donors (Lipinski definition) is 2. The second-order valence-corrected chi connectivity index (χ2v) is 5.26. The normalized spacial score (nSPS) is 28.1. The quantitative estimate of drug-likeness (QED) is 0.818. The lowest BCUT2D eigenvalue weighted by atomic mass is 9.84. The zero-order valence-electron chi connectivity index (χ0n) is 10.1. The topological polar surface area (TPSA) is 54.7 Å². The Morgan fingerprint density at radius 2 is 2.22 bits per heavy atom. The van der Waals surface area contributed by atoms with Crippen LogP contribution in [0.5, 0.6) is 0 Å². The lowest BCUT2D eigenvalue weighted by molar-refractivity contribution is 0.408. The van der Waals surface area contributed by atoms with Crippen molar-refractivity contribution >= 4 is 11.0 Å². The first-order valence-corrected chi connectivity index (χ1v) is 6.12. The molecule has 0 spiro atoms. The van der Waals surface area contributed by atoms with E-state index in [9.17, 15) is 8.78 Å². The molecular formula is C13H15F2N3. The lowest BCUT2D eigenvalue weighted by Crippen LogP contribution is -2.39. The van der Waals surface area contributed by atoms with Crippen LogP contribution in [-0.2, 0) is 5.41 Å². The van der Waals surface area contributed by atoms with E-state index >= 15 is 0 Å². The predicted molar refractivity (Wildman–Crippen MR) is 65.2 cm³/mol. The van der Waals surface area contributed by atoms with Gasteiger partial charge in [0.1, 0.15) is 11.3 Å². The van der Waals surface area contributed by atoms with E-state index < -0.39 is 11.6 Å². The average molecular weight is 251 g/mol. The van der Waals surface area contributed by atoms with Gasteiger partial charge in [0.2, 0.25) is 0 Å². The Balaban J connectivity index is 2.17. The van der Waals surface area contributed by atoms with Gasteiger partial charge in [-0.05, 0) is 25.0 Å². The minimum Gasteiger partial charge on any atom is -0.341 e. The van der Waals surface area contributed by atoms with Crippen LogP contribution in [0.1, 0.15) is 32.0 Å². The summed E-state index contributed by atoms with van der Waals surface area (Å²) in [4.78, 5) is 7.31. The molecule has 1 aromatic heterocycles. The third-order valence-corrected chi connectivity index (χ3v) is 4.12. The third-order valence-electron chi connectivity index (χ3n) is 4.12. The molecular weight excluding hydrogens is 236 g/mol. The van der Waals surface area contributed by atoms with Gasteiger partial charge in [-0.25, -0.2) is 13.8 Å². The van der Waals surface area contributed by atoms with Crippen molar-refractivity contribution in [3.8, 4) is 0 Å². The van der Waals surface area contributed by atoms with Crippen LogP contribution in [0.4, 0.5) is 8.78 Å². The molecule has 5 heteroatoms. The summed E-state index contributed by atoms with van der Waals surface area (Å²) < 4.78 is 26.8. The number of rotatable bonds is 1.